The van der Waals surface area contributed by atoms with E-state index < -0.39 is 0 Å². The zero-order chi connectivity index (χ0) is 11.9. The Morgan fingerprint density at radius 3 is 2.29 bits per heavy atom. The van der Waals surface area contributed by atoms with E-state index in [0.717, 1.165) is 29.7 Å². The molecule has 88 valence electrons. The first-order valence-electron chi connectivity index (χ1n) is 5.77. The van der Waals surface area contributed by atoms with Crippen molar-refractivity contribution in [3.8, 4) is 5.75 Å². The van der Waals surface area contributed by atoms with Crippen LogP contribution >= 0.6 is 15.9 Å². The minimum Gasteiger partial charge on any atom is -0.494 e. The van der Waals surface area contributed by atoms with Crippen LogP contribution in [0.4, 0.5) is 0 Å². The quantitative estimate of drug-likeness (QED) is 0.739. The van der Waals surface area contributed by atoms with Crippen LogP contribution in [0.25, 0.3) is 0 Å². The summed E-state index contributed by atoms with van der Waals surface area (Å²) in [5, 5.41) is 0. The van der Waals surface area contributed by atoms with E-state index in [1.54, 1.807) is 0 Å². The van der Waals surface area contributed by atoms with Crippen molar-refractivity contribution in [2.75, 3.05) is 6.61 Å². The van der Waals surface area contributed by atoms with Gasteiger partial charge in [-0.1, -0.05) is 46.3 Å². The summed E-state index contributed by atoms with van der Waals surface area (Å²) in [7, 11) is 0. The van der Waals surface area contributed by atoms with E-state index in [2.05, 4.69) is 40.2 Å². The average Bonchev–Trinajstić information content (AvgIpc) is 2.38. The number of ether oxygens (including phenoxy) is 1. The highest BCUT2D eigenvalue weighted by Crippen LogP contribution is 2.13. The molecule has 0 unspecified atom stereocenters. The van der Waals surface area contributed by atoms with Crippen LogP contribution in [0.2, 0.25) is 0 Å². The van der Waals surface area contributed by atoms with E-state index in [0.29, 0.717) is 0 Å². The Bertz CT molecular complexity index is 436. The van der Waals surface area contributed by atoms with Crippen molar-refractivity contribution in [1.82, 2.24) is 0 Å². The molecule has 0 aliphatic carbocycles. The lowest BCUT2D eigenvalue weighted by Gasteiger charge is -2.05. The molecule has 17 heavy (non-hydrogen) atoms. The number of hydrogen-bond acceptors (Lipinski definition) is 1. The molecule has 0 heterocycles. The largest absolute Gasteiger partial charge is 0.494 e. The number of benzene rings is 2. The second-order valence-corrected chi connectivity index (χ2v) is 4.81. The van der Waals surface area contributed by atoms with E-state index >= 15 is 0 Å². The van der Waals surface area contributed by atoms with Crippen LogP contribution < -0.4 is 4.74 Å². The molecule has 1 nitrogen and oxygen atoms in total. The van der Waals surface area contributed by atoms with Gasteiger partial charge >= 0.3 is 0 Å². The van der Waals surface area contributed by atoms with Crippen LogP contribution in [0.3, 0.4) is 0 Å². The first kappa shape index (κ1) is 12.2. The van der Waals surface area contributed by atoms with Crippen LogP contribution in [0, 0.1) is 0 Å². The van der Waals surface area contributed by atoms with E-state index in [-0.39, 0.29) is 0 Å². The third-order valence-electron chi connectivity index (χ3n) is 2.53. The summed E-state index contributed by atoms with van der Waals surface area (Å²) < 4.78 is 6.77. The zero-order valence-electron chi connectivity index (χ0n) is 9.60. The predicted molar refractivity (Wildman–Crippen MR) is 74.4 cm³/mol. The van der Waals surface area contributed by atoms with Crippen LogP contribution in [0.5, 0.6) is 5.75 Å². The van der Waals surface area contributed by atoms with Gasteiger partial charge in [0.05, 0.1) is 6.61 Å². The Labute approximate surface area is 111 Å². The molecule has 0 spiro atoms. The van der Waals surface area contributed by atoms with Crippen molar-refractivity contribution in [3.63, 3.8) is 0 Å². The van der Waals surface area contributed by atoms with Gasteiger partial charge in [-0.25, -0.2) is 0 Å². The molecule has 2 aromatic carbocycles. The SMILES string of the molecule is Brc1ccc(CCCOc2ccccc2)cc1. The fraction of sp³-hybridized carbons (Fsp3) is 0.200. The Balaban J connectivity index is 1.71. The predicted octanol–water partition coefficient (Wildman–Crippen LogP) is 4.46. The summed E-state index contributed by atoms with van der Waals surface area (Å²) in [5.74, 6) is 0.948. The molecular formula is C15H15BrO. The number of hydrogen-bond donors (Lipinski definition) is 0. The highest BCUT2D eigenvalue weighted by atomic mass is 79.9. The highest BCUT2D eigenvalue weighted by molar-refractivity contribution is 9.10. The molecule has 2 aromatic rings. The lowest BCUT2D eigenvalue weighted by atomic mass is 10.1. The molecule has 0 bridgehead atoms. The monoisotopic (exact) mass is 290 g/mol. The maximum absolute atomic E-state index is 5.64. The average molecular weight is 291 g/mol. The fourth-order valence-electron chi connectivity index (χ4n) is 1.63. The zero-order valence-corrected chi connectivity index (χ0v) is 11.2. The minimum absolute atomic E-state index is 0.764. The van der Waals surface area contributed by atoms with Gasteiger partial charge < -0.3 is 4.74 Å². The summed E-state index contributed by atoms with van der Waals surface area (Å²) >= 11 is 3.43. The highest BCUT2D eigenvalue weighted by Gasteiger charge is 1.95. The van der Waals surface area contributed by atoms with Gasteiger partial charge in [0.15, 0.2) is 0 Å². The fourth-order valence-corrected chi connectivity index (χ4v) is 1.90. The summed E-state index contributed by atoms with van der Waals surface area (Å²) in [6, 6.07) is 18.4. The second-order valence-electron chi connectivity index (χ2n) is 3.89. The molecule has 2 heteroatoms. The third kappa shape index (κ3) is 4.23. The molecule has 0 radical (unpaired) electrons. The molecular weight excluding hydrogens is 276 g/mol. The number of halogens is 1. The first-order chi connectivity index (χ1) is 8.34. The molecule has 0 atom stereocenters. The molecule has 0 aliphatic rings. The Morgan fingerprint density at radius 2 is 1.59 bits per heavy atom. The summed E-state index contributed by atoms with van der Waals surface area (Å²) in [6.45, 7) is 0.764. The van der Waals surface area contributed by atoms with Crippen molar-refractivity contribution in [1.29, 1.82) is 0 Å². The third-order valence-corrected chi connectivity index (χ3v) is 3.06. The second kappa shape index (κ2) is 6.45. The standard InChI is InChI=1S/C15H15BrO/c16-14-10-8-13(9-11-14)5-4-12-17-15-6-2-1-3-7-15/h1-3,6-11H,4-5,12H2. The Kier molecular flexibility index (Phi) is 4.63. The summed E-state index contributed by atoms with van der Waals surface area (Å²) in [4.78, 5) is 0. The van der Waals surface area contributed by atoms with Crippen LogP contribution in [0.1, 0.15) is 12.0 Å². The smallest absolute Gasteiger partial charge is 0.119 e. The van der Waals surface area contributed by atoms with Crippen molar-refractivity contribution in [3.05, 3.63) is 64.6 Å². The first-order valence-corrected chi connectivity index (χ1v) is 6.56. The molecule has 0 saturated heterocycles. The van der Waals surface area contributed by atoms with Gasteiger partial charge in [0.2, 0.25) is 0 Å². The van der Waals surface area contributed by atoms with Crippen molar-refractivity contribution in [2.45, 2.75) is 12.8 Å². The molecule has 0 aromatic heterocycles. The van der Waals surface area contributed by atoms with E-state index in [1.807, 2.05) is 30.3 Å². The van der Waals surface area contributed by atoms with Gasteiger partial charge in [-0.3, -0.25) is 0 Å². The Hall–Kier alpha value is -1.28. The van der Waals surface area contributed by atoms with Gasteiger partial charge in [0.25, 0.3) is 0 Å². The van der Waals surface area contributed by atoms with Crippen molar-refractivity contribution in [2.24, 2.45) is 0 Å². The Morgan fingerprint density at radius 1 is 0.882 bits per heavy atom. The van der Waals surface area contributed by atoms with Gasteiger partial charge in [-0.2, -0.15) is 0 Å². The van der Waals surface area contributed by atoms with Crippen molar-refractivity contribution < 1.29 is 4.74 Å². The molecule has 0 N–H and O–H groups in total. The number of para-hydroxylation sites is 1. The topological polar surface area (TPSA) is 9.23 Å². The normalized spacial score (nSPS) is 10.2. The molecule has 0 amide bonds. The van der Waals surface area contributed by atoms with E-state index in [1.165, 1.54) is 5.56 Å². The number of rotatable bonds is 5. The van der Waals surface area contributed by atoms with Gasteiger partial charge in [-0.15, -0.1) is 0 Å². The summed E-state index contributed by atoms with van der Waals surface area (Å²) in [5.41, 5.74) is 1.35. The van der Waals surface area contributed by atoms with E-state index in [9.17, 15) is 0 Å². The van der Waals surface area contributed by atoms with Gasteiger partial charge in [-0.05, 0) is 42.7 Å². The van der Waals surface area contributed by atoms with Crippen LogP contribution in [-0.2, 0) is 6.42 Å². The molecule has 0 saturated carbocycles. The molecule has 0 fully saturated rings. The summed E-state index contributed by atoms with van der Waals surface area (Å²) in [6.07, 6.45) is 2.09. The lowest BCUT2D eigenvalue weighted by molar-refractivity contribution is 0.311. The molecule has 2 rings (SSSR count). The lowest BCUT2D eigenvalue weighted by Crippen LogP contribution is -1.99. The van der Waals surface area contributed by atoms with Gasteiger partial charge in [0.1, 0.15) is 5.75 Å². The van der Waals surface area contributed by atoms with Crippen molar-refractivity contribution >= 4 is 15.9 Å². The maximum Gasteiger partial charge on any atom is 0.119 e. The van der Waals surface area contributed by atoms with E-state index in [4.69, 9.17) is 4.74 Å². The maximum atomic E-state index is 5.64. The minimum atomic E-state index is 0.764. The number of aryl methyl sites for hydroxylation is 1. The van der Waals surface area contributed by atoms with Crippen LogP contribution in [-0.4, -0.2) is 6.61 Å². The van der Waals surface area contributed by atoms with Crippen LogP contribution in [0.15, 0.2) is 59.1 Å². The molecule has 0 aliphatic heterocycles. The van der Waals surface area contributed by atoms with Gasteiger partial charge in [0, 0.05) is 4.47 Å².